The fourth-order valence-electron chi connectivity index (χ4n) is 3.78. The van der Waals surface area contributed by atoms with Crippen LogP contribution in [0.4, 0.5) is 0 Å². The topological polar surface area (TPSA) is 30.5 Å². The van der Waals surface area contributed by atoms with Crippen LogP contribution >= 0.6 is 0 Å². The van der Waals surface area contributed by atoms with Crippen LogP contribution in [0.5, 0.6) is 11.5 Å². The molecule has 1 heterocycles. The predicted molar refractivity (Wildman–Crippen MR) is 113 cm³/mol. The van der Waals surface area contributed by atoms with Gasteiger partial charge in [-0.25, -0.2) is 0 Å². The Balaban J connectivity index is 1.42. The van der Waals surface area contributed by atoms with Gasteiger partial charge in [0.2, 0.25) is 0 Å². The van der Waals surface area contributed by atoms with Crippen LogP contribution in [0.25, 0.3) is 0 Å². The number of nitrogens with one attached hydrogen (secondary N) is 1. The monoisotopic (exact) mass is 373 g/mol. The van der Waals surface area contributed by atoms with Crippen molar-refractivity contribution in [2.45, 2.75) is 25.8 Å². The Kier molecular flexibility index (Phi) is 5.93. The third-order valence-electron chi connectivity index (χ3n) is 5.19. The minimum absolute atomic E-state index is 0.220. The molecule has 1 aliphatic heterocycles. The van der Waals surface area contributed by atoms with Gasteiger partial charge < -0.3 is 14.8 Å². The van der Waals surface area contributed by atoms with Crippen molar-refractivity contribution in [3.8, 4) is 11.5 Å². The van der Waals surface area contributed by atoms with E-state index in [9.17, 15) is 0 Å². The maximum absolute atomic E-state index is 5.93. The van der Waals surface area contributed by atoms with Crippen molar-refractivity contribution in [2.24, 2.45) is 0 Å². The van der Waals surface area contributed by atoms with E-state index in [4.69, 9.17) is 9.47 Å². The summed E-state index contributed by atoms with van der Waals surface area (Å²) in [5, 5.41) is 3.65. The van der Waals surface area contributed by atoms with Crippen LogP contribution in [-0.4, -0.2) is 19.8 Å². The first-order chi connectivity index (χ1) is 13.8. The first-order valence-electron chi connectivity index (χ1n) is 10.1. The molecule has 0 saturated heterocycles. The largest absolute Gasteiger partial charge is 0.494 e. The summed E-state index contributed by atoms with van der Waals surface area (Å²) in [7, 11) is 0. The fourth-order valence-corrected chi connectivity index (χ4v) is 3.78. The summed E-state index contributed by atoms with van der Waals surface area (Å²) in [5.41, 5.74) is 5.28. The van der Waals surface area contributed by atoms with Crippen molar-refractivity contribution < 1.29 is 9.47 Å². The lowest BCUT2D eigenvalue weighted by molar-refractivity contribution is 0.322. The minimum atomic E-state index is 0.220. The van der Waals surface area contributed by atoms with E-state index in [0.717, 1.165) is 30.9 Å². The van der Waals surface area contributed by atoms with Gasteiger partial charge in [-0.15, -0.1) is 0 Å². The number of ether oxygens (including phenoxy) is 2. The van der Waals surface area contributed by atoms with Gasteiger partial charge in [-0.3, -0.25) is 0 Å². The second kappa shape index (κ2) is 8.94. The molecule has 0 fully saturated rings. The summed E-state index contributed by atoms with van der Waals surface area (Å²) in [6, 6.07) is 25.6. The van der Waals surface area contributed by atoms with Gasteiger partial charge in [0, 0.05) is 13.0 Å². The molecule has 3 nitrogen and oxygen atoms in total. The maximum atomic E-state index is 5.93. The highest BCUT2D eigenvalue weighted by molar-refractivity contribution is 5.44. The number of rotatable bonds is 7. The molecule has 28 heavy (non-hydrogen) atoms. The van der Waals surface area contributed by atoms with Crippen molar-refractivity contribution >= 4 is 0 Å². The highest BCUT2D eigenvalue weighted by Gasteiger charge is 2.21. The Labute approximate surface area is 167 Å². The van der Waals surface area contributed by atoms with Crippen molar-refractivity contribution in [2.75, 3.05) is 19.8 Å². The Morgan fingerprint density at radius 1 is 0.893 bits per heavy atom. The molecule has 1 atom stereocenters. The molecule has 0 radical (unpaired) electrons. The maximum Gasteiger partial charge on any atom is 0.119 e. The van der Waals surface area contributed by atoms with Crippen LogP contribution in [0.1, 0.15) is 35.2 Å². The van der Waals surface area contributed by atoms with Crippen molar-refractivity contribution in [3.05, 3.63) is 95.1 Å². The van der Waals surface area contributed by atoms with E-state index in [1.807, 2.05) is 13.0 Å². The second-order valence-corrected chi connectivity index (χ2v) is 7.08. The van der Waals surface area contributed by atoms with Crippen LogP contribution in [-0.2, 0) is 12.8 Å². The van der Waals surface area contributed by atoms with Gasteiger partial charge in [0.1, 0.15) is 11.5 Å². The van der Waals surface area contributed by atoms with Crippen molar-refractivity contribution in [1.82, 2.24) is 5.32 Å². The summed E-state index contributed by atoms with van der Waals surface area (Å²) >= 11 is 0. The van der Waals surface area contributed by atoms with E-state index < -0.39 is 0 Å². The van der Waals surface area contributed by atoms with Crippen LogP contribution in [0.3, 0.4) is 0 Å². The summed E-state index contributed by atoms with van der Waals surface area (Å²) in [6.45, 7) is 4.39. The van der Waals surface area contributed by atoms with Crippen LogP contribution in [0, 0.1) is 0 Å². The van der Waals surface area contributed by atoms with E-state index in [0.29, 0.717) is 13.2 Å². The summed E-state index contributed by atoms with van der Waals surface area (Å²) in [6.07, 6.45) is 1.95. The second-order valence-electron chi connectivity index (χ2n) is 7.08. The van der Waals surface area contributed by atoms with Gasteiger partial charge >= 0.3 is 0 Å². The normalized spacial score (nSPS) is 15.7. The molecule has 3 aromatic carbocycles. The Bertz CT molecular complexity index is 890. The number of hydrogen-bond acceptors (Lipinski definition) is 3. The van der Waals surface area contributed by atoms with Gasteiger partial charge in [-0.2, -0.15) is 0 Å². The van der Waals surface area contributed by atoms with Crippen LogP contribution in [0.2, 0.25) is 0 Å². The molecule has 1 N–H and O–H groups in total. The van der Waals surface area contributed by atoms with E-state index >= 15 is 0 Å². The highest BCUT2D eigenvalue weighted by Crippen LogP contribution is 2.32. The summed E-state index contributed by atoms with van der Waals surface area (Å²) in [5.74, 6) is 1.88. The van der Waals surface area contributed by atoms with E-state index in [1.54, 1.807) is 0 Å². The molecule has 0 spiro atoms. The zero-order chi connectivity index (χ0) is 19.2. The van der Waals surface area contributed by atoms with Gasteiger partial charge in [-0.05, 0) is 59.9 Å². The lowest BCUT2D eigenvalue weighted by atomic mass is 9.90. The van der Waals surface area contributed by atoms with E-state index in [2.05, 4.69) is 72.0 Å². The third-order valence-corrected chi connectivity index (χ3v) is 5.19. The van der Waals surface area contributed by atoms with Gasteiger partial charge in [0.25, 0.3) is 0 Å². The molecule has 1 unspecified atom stereocenters. The smallest absolute Gasteiger partial charge is 0.119 e. The average molecular weight is 373 g/mol. The molecule has 4 rings (SSSR count). The van der Waals surface area contributed by atoms with Crippen LogP contribution < -0.4 is 14.8 Å². The van der Waals surface area contributed by atoms with Crippen molar-refractivity contribution in [1.29, 1.82) is 0 Å². The Morgan fingerprint density at radius 2 is 1.68 bits per heavy atom. The molecular formula is C25H27NO2. The molecule has 0 amide bonds. The standard InChI is InChI=1S/C25H27NO2/c1-2-27-23-12-13-24-21(18-23)14-16-26-25(24)20-8-10-22(11-9-20)28-17-15-19-6-4-3-5-7-19/h3-13,18,25-26H,2,14-17H2,1H3. The number of benzene rings is 3. The lowest BCUT2D eigenvalue weighted by Crippen LogP contribution is -2.30. The van der Waals surface area contributed by atoms with Gasteiger partial charge in [0.15, 0.2) is 0 Å². The minimum Gasteiger partial charge on any atom is -0.494 e. The molecule has 1 aliphatic rings. The molecule has 0 aromatic heterocycles. The van der Waals surface area contributed by atoms with Gasteiger partial charge in [-0.1, -0.05) is 48.5 Å². The lowest BCUT2D eigenvalue weighted by Gasteiger charge is -2.28. The zero-order valence-corrected chi connectivity index (χ0v) is 16.4. The first-order valence-corrected chi connectivity index (χ1v) is 10.1. The van der Waals surface area contributed by atoms with Crippen molar-refractivity contribution in [3.63, 3.8) is 0 Å². The predicted octanol–water partition coefficient (Wildman–Crippen LogP) is 4.94. The molecule has 0 aliphatic carbocycles. The van der Waals surface area contributed by atoms with E-state index in [1.165, 1.54) is 22.3 Å². The molecule has 3 aromatic rings. The summed E-state index contributed by atoms with van der Waals surface area (Å²) < 4.78 is 11.6. The molecule has 144 valence electrons. The van der Waals surface area contributed by atoms with Gasteiger partial charge in [0.05, 0.1) is 19.3 Å². The average Bonchev–Trinajstić information content (AvgIpc) is 2.75. The summed E-state index contributed by atoms with van der Waals surface area (Å²) in [4.78, 5) is 0. The SMILES string of the molecule is CCOc1ccc2c(c1)CCNC2c1ccc(OCCc2ccccc2)cc1. The fraction of sp³-hybridized carbons (Fsp3) is 0.280. The Morgan fingerprint density at radius 3 is 2.46 bits per heavy atom. The molecule has 0 bridgehead atoms. The molecule has 0 saturated carbocycles. The first kappa shape index (κ1) is 18.6. The zero-order valence-electron chi connectivity index (χ0n) is 16.4. The number of hydrogen-bond donors (Lipinski definition) is 1. The quantitative estimate of drug-likeness (QED) is 0.636. The molecule has 3 heteroatoms. The Hall–Kier alpha value is -2.78. The van der Waals surface area contributed by atoms with E-state index in [-0.39, 0.29) is 6.04 Å². The van der Waals surface area contributed by atoms with Crippen LogP contribution in [0.15, 0.2) is 72.8 Å². The molecular weight excluding hydrogens is 346 g/mol. The number of fused-ring (bicyclic) bond motifs is 1. The third kappa shape index (κ3) is 4.37. The highest BCUT2D eigenvalue weighted by atomic mass is 16.5.